The number of rotatable bonds is 6. The molecule has 0 saturated heterocycles. The van der Waals surface area contributed by atoms with E-state index in [9.17, 15) is 4.79 Å². The monoisotopic (exact) mass is 374 g/mol. The van der Waals surface area contributed by atoms with Crippen molar-refractivity contribution in [3.8, 4) is 5.69 Å². The fraction of sp³-hybridized carbons (Fsp3) is 0.278. The van der Waals surface area contributed by atoms with Crippen LogP contribution in [0.4, 0.5) is 0 Å². The van der Waals surface area contributed by atoms with Gasteiger partial charge >= 0.3 is 0 Å². The Balaban J connectivity index is 2.16. The van der Waals surface area contributed by atoms with E-state index in [0.717, 1.165) is 21.7 Å². The van der Waals surface area contributed by atoms with E-state index in [-0.39, 0.29) is 12.5 Å². The van der Waals surface area contributed by atoms with Gasteiger partial charge in [-0.05, 0) is 31.2 Å². The molecule has 3 rings (SSSR count). The highest BCUT2D eigenvalue weighted by molar-refractivity contribution is 6.31. The first-order chi connectivity index (χ1) is 12.6. The maximum absolute atomic E-state index is 12.6. The van der Waals surface area contributed by atoms with E-state index >= 15 is 0 Å². The van der Waals surface area contributed by atoms with E-state index in [1.807, 2.05) is 19.1 Å². The molecule has 136 valence electrons. The summed E-state index contributed by atoms with van der Waals surface area (Å²) in [5.41, 5.74) is 2.60. The second-order valence-corrected chi connectivity index (χ2v) is 5.97. The number of amides is 1. The van der Waals surface area contributed by atoms with Gasteiger partial charge in [0.15, 0.2) is 0 Å². The van der Waals surface area contributed by atoms with Crippen molar-refractivity contribution in [1.29, 1.82) is 0 Å². The van der Waals surface area contributed by atoms with Gasteiger partial charge < -0.3 is 4.74 Å². The zero-order valence-corrected chi connectivity index (χ0v) is 15.5. The molecule has 0 unspecified atom stereocenters. The summed E-state index contributed by atoms with van der Waals surface area (Å²) in [5.74, 6) is -0.296. The van der Waals surface area contributed by atoms with E-state index in [1.54, 1.807) is 30.1 Å². The number of fused-ring (bicyclic) bond motifs is 1. The molecule has 1 aromatic carbocycles. The predicted molar refractivity (Wildman–Crippen MR) is 98.3 cm³/mol. The molecule has 8 heteroatoms. The molecule has 0 bridgehead atoms. The summed E-state index contributed by atoms with van der Waals surface area (Å²) in [4.78, 5) is 21.9. The highest BCUT2D eigenvalue weighted by Gasteiger charge is 2.22. The molecular formula is C18H19ClN4O3. The molecule has 0 radical (unpaired) electrons. The number of carbonyl (C=O) groups excluding carboxylic acids is 1. The van der Waals surface area contributed by atoms with Crippen LogP contribution in [0.15, 0.2) is 36.7 Å². The van der Waals surface area contributed by atoms with Crippen molar-refractivity contribution < 1.29 is 14.4 Å². The number of carbonyl (C=O) groups is 1. The number of aromatic nitrogens is 3. The lowest BCUT2D eigenvalue weighted by atomic mass is 10.1. The van der Waals surface area contributed by atoms with E-state index in [2.05, 4.69) is 10.1 Å². The van der Waals surface area contributed by atoms with Crippen molar-refractivity contribution in [2.45, 2.75) is 13.5 Å². The lowest BCUT2D eigenvalue weighted by molar-refractivity contribution is -0.0758. The van der Waals surface area contributed by atoms with Gasteiger partial charge in [0, 0.05) is 30.3 Å². The molecule has 26 heavy (non-hydrogen) atoms. The SMILES string of the molecule is CCOCc1c(C(=O)N(C)OC)cnn1-c1ccnc2cc(Cl)ccc12. The first-order valence-electron chi connectivity index (χ1n) is 8.08. The highest BCUT2D eigenvalue weighted by atomic mass is 35.5. The summed E-state index contributed by atoms with van der Waals surface area (Å²) in [6.07, 6.45) is 3.21. The molecule has 2 aromatic heterocycles. The Morgan fingerprint density at radius 1 is 1.35 bits per heavy atom. The summed E-state index contributed by atoms with van der Waals surface area (Å²) in [5, 5.41) is 7.05. The summed E-state index contributed by atoms with van der Waals surface area (Å²) in [6, 6.07) is 7.31. The second-order valence-electron chi connectivity index (χ2n) is 5.53. The van der Waals surface area contributed by atoms with Crippen molar-refractivity contribution in [3.05, 3.63) is 52.9 Å². The number of nitrogens with zero attached hydrogens (tertiary/aromatic N) is 4. The van der Waals surface area contributed by atoms with Gasteiger partial charge in [0.25, 0.3) is 5.91 Å². The molecule has 0 spiro atoms. The number of benzene rings is 1. The van der Waals surface area contributed by atoms with E-state index in [0.29, 0.717) is 22.9 Å². The highest BCUT2D eigenvalue weighted by Crippen LogP contribution is 2.26. The smallest absolute Gasteiger partial charge is 0.280 e. The van der Waals surface area contributed by atoms with Crippen LogP contribution in [0.1, 0.15) is 23.0 Å². The molecule has 0 atom stereocenters. The van der Waals surface area contributed by atoms with Crippen LogP contribution in [0.5, 0.6) is 0 Å². The molecule has 0 fully saturated rings. The average molecular weight is 375 g/mol. The van der Waals surface area contributed by atoms with Crippen LogP contribution in [0.25, 0.3) is 16.6 Å². The van der Waals surface area contributed by atoms with Gasteiger partial charge in [0.05, 0.1) is 42.4 Å². The minimum Gasteiger partial charge on any atom is -0.375 e. The van der Waals surface area contributed by atoms with Gasteiger partial charge in [-0.25, -0.2) is 9.75 Å². The maximum atomic E-state index is 12.6. The second kappa shape index (κ2) is 7.82. The average Bonchev–Trinajstić information content (AvgIpc) is 3.07. The third-order valence-electron chi connectivity index (χ3n) is 4.01. The van der Waals surface area contributed by atoms with Crippen molar-refractivity contribution in [3.63, 3.8) is 0 Å². The Hall–Kier alpha value is -2.48. The topological polar surface area (TPSA) is 69.5 Å². The molecule has 0 saturated carbocycles. The van der Waals surface area contributed by atoms with Gasteiger partial charge in [-0.1, -0.05) is 11.6 Å². The summed E-state index contributed by atoms with van der Waals surface area (Å²) in [6.45, 7) is 2.66. The Morgan fingerprint density at radius 2 is 2.15 bits per heavy atom. The van der Waals surface area contributed by atoms with Crippen molar-refractivity contribution in [2.24, 2.45) is 0 Å². The van der Waals surface area contributed by atoms with Gasteiger partial charge in [-0.3, -0.25) is 14.6 Å². The first-order valence-corrected chi connectivity index (χ1v) is 8.46. The van der Waals surface area contributed by atoms with Crippen LogP contribution >= 0.6 is 11.6 Å². The normalized spacial score (nSPS) is 11.1. The Morgan fingerprint density at radius 3 is 2.88 bits per heavy atom. The molecular weight excluding hydrogens is 356 g/mol. The summed E-state index contributed by atoms with van der Waals surface area (Å²) < 4.78 is 7.27. The van der Waals surface area contributed by atoms with E-state index < -0.39 is 0 Å². The van der Waals surface area contributed by atoms with Crippen LogP contribution in [-0.2, 0) is 16.2 Å². The third-order valence-corrected chi connectivity index (χ3v) is 4.25. The zero-order chi connectivity index (χ0) is 18.7. The number of hydroxylamine groups is 2. The summed E-state index contributed by atoms with van der Waals surface area (Å²) >= 11 is 6.07. The summed E-state index contributed by atoms with van der Waals surface area (Å²) in [7, 11) is 2.98. The lowest BCUT2D eigenvalue weighted by Crippen LogP contribution is -2.26. The van der Waals surface area contributed by atoms with Gasteiger partial charge in [0.2, 0.25) is 0 Å². The van der Waals surface area contributed by atoms with Crippen LogP contribution in [0.2, 0.25) is 5.02 Å². The number of ether oxygens (including phenoxy) is 1. The number of hydrogen-bond donors (Lipinski definition) is 0. The van der Waals surface area contributed by atoms with Gasteiger partial charge in [-0.15, -0.1) is 0 Å². The van der Waals surface area contributed by atoms with Crippen LogP contribution in [-0.4, -0.2) is 46.5 Å². The Kier molecular flexibility index (Phi) is 5.51. The molecule has 0 aliphatic carbocycles. The minimum absolute atomic E-state index is 0.243. The molecule has 1 amide bonds. The van der Waals surface area contributed by atoms with Crippen molar-refractivity contribution >= 4 is 28.4 Å². The van der Waals surface area contributed by atoms with E-state index in [4.69, 9.17) is 21.2 Å². The Labute approximate surface area is 156 Å². The standard InChI is InChI=1S/C18H19ClN4O3/c1-4-26-11-17-14(18(24)22(2)25-3)10-21-23(17)16-7-8-20-15-9-12(19)5-6-13(15)16/h5-10H,4,11H2,1-3H3. The first kappa shape index (κ1) is 18.3. The fourth-order valence-electron chi connectivity index (χ4n) is 2.64. The predicted octanol–water partition coefficient (Wildman–Crippen LogP) is 3.24. The zero-order valence-electron chi connectivity index (χ0n) is 14.8. The van der Waals surface area contributed by atoms with Crippen molar-refractivity contribution in [1.82, 2.24) is 19.8 Å². The molecule has 0 aliphatic rings. The molecule has 7 nitrogen and oxygen atoms in total. The fourth-order valence-corrected chi connectivity index (χ4v) is 2.81. The van der Waals surface area contributed by atoms with Crippen LogP contribution < -0.4 is 0 Å². The number of hydrogen-bond acceptors (Lipinski definition) is 5. The minimum atomic E-state index is -0.296. The molecule has 0 N–H and O–H groups in total. The van der Waals surface area contributed by atoms with Crippen LogP contribution in [0.3, 0.4) is 0 Å². The largest absolute Gasteiger partial charge is 0.375 e. The number of pyridine rings is 1. The third kappa shape index (κ3) is 3.41. The maximum Gasteiger partial charge on any atom is 0.280 e. The molecule has 3 aromatic rings. The van der Waals surface area contributed by atoms with Crippen molar-refractivity contribution in [2.75, 3.05) is 20.8 Å². The lowest BCUT2D eigenvalue weighted by Gasteiger charge is -2.15. The van der Waals surface area contributed by atoms with Gasteiger partial charge in [-0.2, -0.15) is 5.10 Å². The van der Waals surface area contributed by atoms with Gasteiger partial charge in [0.1, 0.15) is 0 Å². The molecule has 2 heterocycles. The van der Waals surface area contributed by atoms with Crippen LogP contribution in [0, 0.1) is 0 Å². The Bertz CT molecular complexity index is 941. The number of halogens is 1. The van der Waals surface area contributed by atoms with E-state index in [1.165, 1.54) is 13.3 Å². The quantitative estimate of drug-likeness (QED) is 0.619. The molecule has 0 aliphatic heterocycles.